The zero-order valence-electron chi connectivity index (χ0n) is 14.2. The molecule has 3 rings (SSSR count). The van der Waals surface area contributed by atoms with E-state index in [2.05, 4.69) is 28.5 Å². The van der Waals surface area contributed by atoms with Crippen LogP contribution in [-0.2, 0) is 16.6 Å². The highest BCUT2D eigenvalue weighted by Gasteiger charge is 2.26. The molecule has 1 aromatic carbocycles. The minimum Gasteiger partial charge on any atom is -0.454 e. The highest BCUT2D eigenvalue weighted by molar-refractivity contribution is 7.89. The number of para-hydroxylation sites is 1. The quantitative estimate of drug-likeness (QED) is 0.812. The van der Waals surface area contributed by atoms with Crippen LogP contribution in [0, 0.1) is 0 Å². The normalized spacial score (nSPS) is 13.0. The number of sulfonamides is 1. The summed E-state index contributed by atoms with van der Waals surface area (Å²) in [6, 6.07) is 8.57. The largest absolute Gasteiger partial charge is 0.454 e. The maximum absolute atomic E-state index is 12.6. The maximum Gasteiger partial charge on any atom is 0.244 e. The molecule has 1 aromatic heterocycles. The van der Waals surface area contributed by atoms with Gasteiger partial charge in [-0.15, -0.1) is 0 Å². The molecule has 25 heavy (non-hydrogen) atoms. The SMILES string of the molecule is CCN(CC)c1ccc(CNS(=O)(=O)c2cccc3c2OCO3)cn1. The Bertz CT molecular complexity index is 833. The molecule has 0 spiro atoms. The Hall–Kier alpha value is -2.32. The number of rotatable bonds is 7. The molecule has 2 aromatic rings. The Morgan fingerprint density at radius 2 is 1.96 bits per heavy atom. The van der Waals surface area contributed by atoms with Crippen molar-refractivity contribution >= 4 is 15.8 Å². The molecule has 8 heteroatoms. The van der Waals surface area contributed by atoms with Gasteiger partial charge in [0.1, 0.15) is 10.7 Å². The van der Waals surface area contributed by atoms with Gasteiger partial charge < -0.3 is 14.4 Å². The molecular weight excluding hydrogens is 342 g/mol. The van der Waals surface area contributed by atoms with Gasteiger partial charge in [-0.2, -0.15) is 0 Å². The molecule has 0 amide bonds. The van der Waals surface area contributed by atoms with E-state index in [1.807, 2.05) is 12.1 Å². The molecule has 1 aliphatic rings. The lowest BCUT2D eigenvalue weighted by Gasteiger charge is -2.19. The van der Waals surface area contributed by atoms with E-state index in [4.69, 9.17) is 9.47 Å². The predicted molar refractivity (Wildman–Crippen MR) is 94.4 cm³/mol. The molecule has 0 saturated carbocycles. The van der Waals surface area contributed by atoms with Gasteiger partial charge in [-0.3, -0.25) is 0 Å². The number of ether oxygens (including phenoxy) is 2. The summed E-state index contributed by atoms with van der Waals surface area (Å²) in [5.41, 5.74) is 0.782. The topological polar surface area (TPSA) is 80.8 Å². The molecule has 0 aliphatic carbocycles. The highest BCUT2D eigenvalue weighted by atomic mass is 32.2. The zero-order chi connectivity index (χ0) is 17.9. The third-order valence-corrected chi connectivity index (χ3v) is 5.44. The van der Waals surface area contributed by atoms with Gasteiger partial charge in [0.2, 0.25) is 16.8 Å². The molecule has 0 radical (unpaired) electrons. The summed E-state index contributed by atoms with van der Waals surface area (Å²) in [6.07, 6.45) is 1.69. The van der Waals surface area contributed by atoms with Gasteiger partial charge in [-0.1, -0.05) is 12.1 Å². The molecule has 0 unspecified atom stereocenters. The van der Waals surface area contributed by atoms with Gasteiger partial charge in [0.15, 0.2) is 11.5 Å². The summed E-state index contributed by atoms with van der Waals surface area (Å²) < 4.78 is 38.2. The molecule has 1 N–H and O–H groups in total. The summed E-state index contributed by atoms with van der Waals surface area (Å²) in [6.45, 7) is 6.05. The van der Waals surface area contributed by atoms with Gasteiger partial charge in [0.05, 0.1) is 0 Å². The van der Waals surface area contributed by atoms with E-state index in [1.54, 1.807) is 18.3 Å². The summed E-state index contributed by atoms with van der Waals surface area (Å²) in [4.78, 5) is 6.60. The van der Waals surface area contributed by atoms with E-state index in [9.17, 15) is 8.42 Å². The lowest BCUT2D eigenvalue weighted by Crippen LogP contribution is -2.24. The minimum atomic E-state index is -3.71. The van der Waals surface area contributed by atoms with Crippen LogP contribution in [-0.4, -0.2) is 33.3 Å². The lowest BCUT2D eigenvalue weighted by atomic mass is 10.3. The van der Waals surface area contributed by atoms with Gasteiger partial charge in [0.25, 0.3) is 0 Å². The van der Waals surface area contributed by atoms with Gasteiger partial charge in [0, 0.05) is 25.8 Å². The third kappa shape index (κ3) is 3.69. The Kier molecular flexibility index (Phi) is 5.10. The number of aromatic nitrogens is 1. The first-order valence-electron chi connectivity index (χ1n) is 8.13. The second kappa shape index (κ2) is 7.28. The molecule has 7 nitrogen and oxygen atoms in total. The standard InChI is InChI=1S/C17H21N3O4S/c1-3-20(4-2)16-9-8-13(10-18-16)11-19-25(21,22)15-7-5-6-14-17(15)24-12-23-14/h5-10,19H,3-4,11-12H2,1-2H3. The first-order chi connectivity index (χ1) is 12.0. The van der Waals surface area contributed by atoms with Crippen molar-refractivity contribution in [3.8, 4) is 11.5 Å². The van der Waals surface area contributed by atoms with Crippen LogP contribution >= 0.6 is 0 Å². The van der Waals surface area contributed by atoms with Crippen LogP contribution in [0.3, 0.4) is 0 Å². The van der Waals surface area contributed by atoms with E-state index in [0.29, 0.717) is 5.75 Å². The van der Waals surface area contributed by atoms with Crippen LogP contribution in [0.5, 0.6) is 11.5 Å². The van der Waals surface area contributed by atoms with Gasteiger partial charge in [-0.25, -0.2) is 18.1 Å². The maximum atomic E-state index is 12.6. The fourth-order valence-corrected chi connectivity index (χ4v) is 3.80. The van der Waals surface area contributed by atoms with Crippen molar-refractivity contribution in [3.05, 3.63) is 42.1 Å². The second-order valence-corrected chi connectivity index (χ2v) is 7.25. The molecule has 0 saturated heterocycles. The first kappa shape index (κ1) is 17.5. The smallest absolute Gasteiger partial charge is 0.244 e. The van der Waals surface area contributed by atoms with Crippen molar-refractivity contribution in [1.29, 1.82) is 0 Å². The zero-order valence-corrected chi connectivity index (χ0v) is 15.0. The fraction of sp³-hybridized carbons (Fsp3) is 0.353. The first-order valence-corrected chi connectivity index (χ1v) is 9.61. The number of nitrogens with one attached hydrogen (secondary N) is 1. The van der Waals surface area contributed by atoms with Crippen LogP contribution in [0.1, 0.15) is 19.4 Å². The number of pyridine rings is 1. The number of fused-ring (bicyclic) bond motifs is 1. The number of benzene rings is 1. The number of anilines is 1. The number of hydrogen-bond acceptors (Lipinski definition) is 6. The Labute approximate surface area is 147 Å². The average Bonchev–Trinajstić information content (AvgIpc) is 3.10. The Balaban J connectivity index is 1.72. The predicted octanol–water partition coefficient (Wildman–Crippen LogP) is 2.13. The van der Waals surface area contributed by atoms with Crippen molar-refractivity contribution in [3.63, 3.8) is 0 Å². The summed E-state index contributed by atoms with van der Waals surface area (Å²) in [7, 11) is -3.71. The van der Waals surface area contributed by atoms with Crippen molar-refractivity contribution in [2.24, 2.45) is 0 Å². The number of nitrogens with zero attached hydrogens (tertiary/aromatic N) is 2. The van der Waals surface area contributed by atoms with E-state index in [1.165, 1.54) is 6.07 Å². The van der Waals surface area contributed by atoms with Gasteiger partial charge in [-0.05, 0) is 37.6 Å². The van der Waals surface area contributed by atoms with Crippen molar-refractivity contribution in [2.75, 3.05) is 24.8 Å². The summed E-state index contributed by atoms with van der Waals surface area (Å²) in [5.74, 6) is 1.57. The van der Waals surface area contributed by atoms with Crippen molar-refractivity contribution in [2.45, 2.75) is 25.3 Å². The summed E-state index contributed by atoms with van der Waals surface area (Å²) >= 11 is 0. The van der Waals surface area contributed by atoms with Crippen molar-refractivity contribution < 1.29 is 17.9 Å². The minimum absolute atomic E-state index is 0.0264. The highest BCUT2D eigenvalue weighted by Crippen LogP contribution is 2.37. The van der Waals surface area contributed by atoms with Crippen LogP contribution in [0.15, 0.2) is 41.4 Å². The van der Waals surface area contributed by atoms with E-state index < -0.39 is 10.0 Å². The fourth-order valence-electron chi connectivity index (χ4n) is 2.63. The molecule has 0 atom stereocenters. The van der Waals surface area contributed by atoms with Crippen molar-refractivity contribution in [1.82, 2.24) is 9.71 Å². The van der Waals surface area contributed by atoms with E-state index in [-0.39, 0.29) is 24.0 Å². The second-order valence-electron chi connectivity index (χ2n) is 5.51. The monoisotopic (exact) mass is 363 g/mol. The van der Waals surface area contributed by atoms with Crippen LogP contribution in [0.2, 0.25) is 0 Å². The molecule has 2 heterocycles. The Morgan fingerprint density at radius 1 is 1.16 bits per heavy atom. The number of hydrogen-bond donors (Lipinski definition) is 1. The van der Waals surface area contributed by atoms with Crippen LogP contribution in [0.25, 0.3) is 0 Å². The van der Waals surface area contributed by atoms with E-state index in [0.717, 1.165) is 24.5 Å². The third-order valence-electron chi connectivity index (χ3n) is 4.01. The molecule has 0 bridgehead atoms. The molecular formula is C17H21N3O4S. The van der Waals surface area contributed by atoms with Crippen LogP contribution < -0.4 is 19.1 Å². The molecule has 1 aliphatic heterocycles. The Morgan fingerprint density at radius 3 is 2.64 bits per heavy atom. The summed E-state index contributed by atoms with van der Waals surface area (Å²) in [5, 5.41) is 0. The van der Waals surface area contributed by atoms with Gasteiger partial charge >= 0.3 is 0 Å². The van der Waals surface area contributed by atoms with E-state index >= 15 is 0 Å². The van der Waals surface area contributed by atoms with Crippen LogP contribution in [0.4, 0.5) is 5.82 Å². The average molecular weight is 363 g/mol. The molecule has 134 valence electrons. The molecule has 0 fully saturated rings. The lowest BCUT2D eigenvalue weighted by molar-refractivity contribution is 0.172.